The molecule has 0 saturated heterocycles. The number of nitrogens with two attached hydrogens (primary N) is 1. The lowest BCUT2D eigenvalue weighted by atomic mass is 9.85. The number of phenols is 1. The number of rotatable bonds is 11. The van der Waals surface area contributed by atoms with Crippen LogP contribution in [0.15, 0.2) is 42.5 Å². The lowest BCUT2D eigenvalue weighted by molar-refractivity contribution is 0.0118. The molecule has 0 aliphatic heterocycles. The molecule has 2 aromatic carbocycles. The summed E-state index contributed by atoms with van der Waals surface area (Å²) in [6, 6.07) is 9.95. The zero-order chi connectivity index (χ0) is 24.7. The number of ketones is 1. The molecule has 0 bridgehead atoms. The number of Topliss-reactive ketones (excluding diaryl/α,β-unsaturated/α-hetero) is 1. The second-order valence-electron chi connectivity index (χ2n) is 8.33. The van der Waals surface area contributed by atoms with Gasteiger partial charge in [0.2, 0.25) is 0 Å². The van der Waals surface area contributed by atoms with Gasteiger partial charge in [-0.05, 0) is 51.0 Å². The number of phenolic OH excluding ortho intramolecular Hbond substituents is 1. The number of nitrogens with one attached hydrogen (secondary N) is 1. The number of aliphatic hydroxyl groups is 2. The number of hydrogen-bond acceptors (Lipinski definition) is 8. The second-order valence-corrected chi connectivity index (χ2v) is 8.33. The third kappa shape index (κ3) is 6.77. The molecule has 0 aliphatic rings. The van der Waals surface area contributed by atoms with E-state index in [0.717, 1.165) is 0 Å². The molecule has 5 atom stereocenters. The summed E-state index contributed by atoms with van der Waals surface area (Å²) >= 11 is 0. The SMILES string of the molecule is CCC(C(C)O)C(N)C(Nc1cccc(C(C)=O)c1)C(O)COC(=O)c1c(C)cccc1O. The molecule has 2 aromatic rings. The average molecular weight is 459 g/mol. The third-order valence-corrected chi connectivity index (χ3v) is 5.86. The van der Waals surface area contributed by atoms with Gasteiger partial charge in [-0.3, -0.25) is 4.79 Å². The van der Waals surface area contributed by atoms with E-state index in [2.05, 4.69) is 5.32 Å². The van der Waals surface area contributed by atoms with Gasteiger partial charge in [-0.2, -0.15) is 0 Å². The molecule has 33 heavy (non-hydrogen) atoms. The fourth-order valence-corrected chi connectivity index (χ4v) is 3.93. The summed E-state index contributed by atoms with van der Waals surface area (Å²) in [4.78, 5) is 24.3. The van der Waals surface area contributed by atoms with Crippen molar-refractivity contribution in [3.05, 3.63) is 59.2 Å². The van der Waals surface area contributed by atoms with E-state index in [-0.39, 0.29) is 29.6 Å². The van der Waals surface area contributed by atoms with E-state index < -0.39 is 30.3 Å². The number of anilines is 1. The van der Waals surface area contributed by atoms with Crippen LogP contribution in [0.5, 0.6) is 5.75 Å². The summed E-state index contributed by atoms with van der Waals surface area (Å²) in [5.74, 6) is -1.42. The van der Waals surface area contributed by atoms with Gasteiger partial charge in [-0.15, -0.1) is 0 Å². The van der Waals surface area contributed by atoms with Gasteiger partial charge in [-0.25, -0.2) is 4.79 Å². The van der Waals surface area contributed by atoms with Gasteiger partial charge in [-0.1, -0.05) is 31.2 Å². The average Bonchev–Trinajstić information content (AvgIpc) is 2.76. The number of carbonyl (C=O) groups is 2. The van der Waals surface area contributed by atoms with Crippen LogP contribution in [0.1, 0.15) is 53.5 Å². The summed E-state index contributed by atoms with van der Waals surface area (Å²) < 4.78 is 5.30. The normalized spacial score (nSPS) is 15.7. The monoisotopic (exact) mass is 458 g/mol. The van der Waals surface area contributed by atoms with Crippen molar-refractivity contribution in [2.24, 2.45) is 11.7 Å². The van der Waals surface area contributed by atoms with E-state index >= 15 is 0 Å². The van der Waals surface area contributed by atoms with Crippen LogP contribution in [-0.2, 0) is 4.74 Å². The standard InChI is InChI=1S/C25H34N2O6/c1-5-19(16(4)29)23(26)24(27-18-10-7-9-17(12-18)15(3)28)21(31)13-33-25(32)22-14(2)8-6-11-20(22)30/h6-12,16,19,21,23-24,27,29-31H,5,13,26H2,1-4H3. The highest BCUT2D eigenvalue weighted by Crippen LogP contribution is 2.24. The summed E-state index contributed by atoms with van der Waals surface area (Å²) in [5.41, 5.74) is 8.08. The van der Waals surface area contributed by atoms with Gasteiger partial charge in [0.25, 0.3) is 0 Å². The van der Waals surface area contributed by atoms with E-state index in [0.29, 0.717) is 23.2 Å². The van der Waals surface area contributed by atoms with Gasteiger partial charge in [0, 0.05) is 23.2 Å². The number of hydrogen-bond donors (Lipinski definition) is 5. The van der Waals surface area contributed by atoms with E-state index in [1.165, 1.54) is 13.0 Å². The molecule has 2 rings (SSSR count). The van der Waals surface area contributed by atoms with Crippen molar-refractivity contribution in [2.75, 3.05) is 11.9 Å². The topological polar surface area (TPSA) is 142 Å². The Kier molecular flexibility index (Phi) is 9.40. The number of esters is 1. The van der Waals surface area contributed by atoms with Crippen LogP contribution in [0.25, 0.3) is 0 Å². The maximum Gasteiger partial charge on any atom is 0.342 e. The molecule has 0 radical (unpaired) electrons. The lowest BCUT2D eigenvalue weighted by Gasteiger charge is -2.35. The first-order valence-electron chi connectivity index (χ1n) is 11.0. The number of aromatic hydroxyl groups is 1. The predicted octanol–water partition coefficient (Wildman–Crippen LogP) is 2.64. The molecule has 8 heteroatoms. The summed E-state index contributed by atoms with van der Waals surface area (Å²) in [6.07, 6.45) is -1.39. The van der Waals surface area contributed by atoms with Gasteiger partial charge in [0.1, 0.15) is 24.0 Å². The van der Waals surface area contributed by atoms with Crippen LogP contribution in [0.3, 0.4) is 0 Å². The number of ether oxygens (including phenoxy) is 1. The number of benzene rings is 2. The van der Waals surface area contributed by atoms with Crippen LogP contribution in [-0.4, -0.2) is 58.0 Å². The van der Waals surface area contributed by atoms with Gasteiger partial charge >= 0.3 is 5.97 Å². The van der Waals surface area contributed by atoms with Crippen molar-refractivity contribution >= 4 is 17.4 Å². The van der Waals surface area contributed by atoms with Crippen molar-refractivity contribution in [3.8, 4) is 5.75 Å². The van der Waals surface area contributed by atoms with Crippen molar-refractivity contribution < 1.29 is 29.6 Å². The number of carbonyl (C=O) groups excluding carboxylic acids is 2. The summed E-state index contributed by atoms with van der Waals surface area (Å²) in [5, 5.41) is 34.3. The molecule has 0 aromatic heterocycles. The molecule has 0 saturated carbocycles. The van der Waals surface area contributed by atoms with Crippen LogP contribution in [0.4, 0.5) is 5.69 Å². The minimum absolute atomic E-state index is 0.0306. The Morgan fingerprint density at radius 2 is 1.82 bits per heavy atom. The molecule has 0 spiro atoms. The van der Waals surface area contributed by atoms with Crippen LogP contribution < -0.4 is 11.1 Å². The van der Waals surface area contributed by atoms with E-state index in [4.69, 9.17) is 10.5 Å². The van der Waals surface area contributed by atoms with Gasteiger partial charge in [0.05, 0.1) is 12.1 Å². The zero-order valence-electron chi connectivity index (χ0n) is 19.5. The predicted molar refractivity (Wildman–Crippen MR) is 126 cm³/mol. The van der Waals surface area contributed by atoms with Crippen LogP contribution >= 0.6 is 0 Å². The molecule has 0 amide bonds. The smallest absolute Gasteiger partial charge is 0.342 e. The highest BCUT2D eigenvalue weighted by atomic mass is 16.5. The first-order valence-corrected chi connectivity index (χ1v) is 11.0. The first-order chi connectivity index (χ1) is 15.6. The molecule has 0 aliphatic carbocycles. The fourth-order valence-electron chi connectivity index (χ4n) is 3.93. The highest BCUT2D eigenvalue weighted by Gasteiger charge is 2.34. The highest BCUT2D eigenvalue weighted by molar-refractivity contribution is 5.95. The molecular formula is C25H34N2O6. The molecule has 180 valence electrons. The minimum Gasteiger partial charge on any atom is -0.507 e. The first kappa shape index (κ1) is 26.3. The quantitative estimate of drug-likeness (QED) is 0.255. The fraction of sp³-hybridized carbons (Fsp3) is 0.440. The van der Waals surface area contributed by atoms with E-state index in [1.807, 2.05) is 6.92 Å². The molecule has 8 nitrogen and oxygen atoms in total. The Morgan fingerprint density at radius 3 is 2.39 bits per heavy atom. The Labute approximate surface area is 194 Å². The Morgan fingerprint density at radius 1 is 1.15 bits per heavy atom. The summed E-state index contributed by atoms with van der Waals surface area (Å²) in [6.45, 7) is 6.26. The molecule has 5 unspecified atom stereocenters. The lowest BCUT2D eigenvalue weighted by Crippen LogP contribution is -2.55. The van der Waals surface area contributed by atoms with Crippen LogP contribution in [0.2, 0.25) is 0 Å². The van der Waals surface area contributed by atoms with E-state index in [1.54, 1.807) is 50.2 Å². The molecule has 0 fully saturated rings. The molecule has 0 heterocycles. The molecular weight excluding hydrogens is 424 g/mol. The largest absolute Gasteiger partial charge is 0.507 e. The number of aryl methyl sites for hydroxylation is 1. The third-order valence-electron chi connectivity index (χ3n) is 5.86. The Balaban J connectivity index is 2.25. The van der Waals surface area contributed by atoms with Crippen molar-refractivity contribution in [2.45, 2.75) is 58.4 Å². The summed E-state index contributed by atoms with van der Waals surface area (Å²) in [7, 11) is 0. The van der Waals surface area contributed by atoms with Crippen molar-refractivity contribution in [1.29, 1.82) is 0 Å². The Bertz CT molecular complexity index is 941. The van der Waals surface area contributed by atoms with E-state index in [9.17, 15) is 24.9 Å². The van der Waals surface area contributed by atoms with Crippen molar-refractivity contribution in [1.82, 2.24) is 0 Å². The van der Waals surface area contributed by atoms with Crippen molar-refractivity contribution in [3.63, 3.8) is 0 Å². The zero-order valence-corrected chi connectivity index (χ0v) is 19.5. The second kappa shape index (κ2) is 11.8. The maximum atomic E-state index is 12.5. The minimum atomic E-state index is -1.23. The number of aliphatic hydroxyl groups excluding tert-OH is 2. The van der Waals surface area contributed by atoms with Crippen LogP contribution in [0, 0.1) is 12.8 Å². The maximum absolute atomic E-state index is 12.5. The van der Waals surface area contributed by atoms with Gasteiger partial charge < -0.3 is 31.1 Å². The van der Waals surface area contributed by atoms with Gasteiger partial charge in [0.15, 0.2) is 5.78 Å². The molecule has 6 N–H and O–H groups in total. The Hall–Kier alpha value is -2.94.